The van der Waals surface area contributed by atoms with E-state index in [2.05, 4.69) is 20.3 Å². The van der Waals surface area contributed by atoms with Crippen LogP contribution in [0.1, 0.15) is 12.3 Å². The SMILES string of the molecule is O=C(CCc1ncc(-c2ccc(Cl)cc2Cl)o1)Nc1nc2ccccc2[nH]1. The number of oxazole rings is 1. The van der Waals surface area contributed by atoms with Crippen LogP contribution in [-0.2, 0) is 11.2 Å². The second-order valence-corrected chi connectivity index (χ2v) is 6.74. The average molecular weight is 401 g/mol. The summed E-state index contributed by atoms with van der Waals surface area (Å²) in [6, 6.07) is 12.7. The van der Waals surface area contributed by atoms with E-state index in [0.29, 0.717) is 39.6 Å². The van der Waals surface area contributed by atoms with Gasteiger partial charge in [0.2, 0.25) is 11.9 Å². The normalized spacial score (nSPS) is 11.0. The topological polar surface area (TPSA) is 83.8 Å². The van der Waals surface area contributed by atoms with Gasteiger partial charge in [-0.3, -0.25) is 10.1 Å². The van der Waals surface area contributed by atoms with Gasteiger partial charge in [-0.15, -0.1) is 0 Å². The van der Waals surface area contributed by atoms with Crippen LogP contribution in [0.15, 0.2) is 53.1 Å². The molecule has 1 amide bonds. The molecular formula is C19H14Cl2N4O2. The van der Waals surface area contributed by atoms with Gasteiger partial charge in [0.1, 0.15) is 0 Å². The van der Waals surface area contributed by atoms with Crippen LogP contribution in [0, 0.1) is 0 Å². The molecule has 27 heavy (non-hydrogen) atoms. The molecule has 0 radical (unpaired) electrons. The Morgan fingerprint density at radius 2 is 2.04 bits per heavy atom. The van der Waals surface area contributed by atoms with E-state index in [0.717, 1.165) is 11.0 Å². The number of hydrogen-bond acceptors (Lipinski definition) is 4. The maximum atomic E-state index is 12.2. The lowest BCUT2D eigenvalue weighted by molar-refractivity contribution is -0.116. The molecule has 0 saturated heterocycles. The molecule has 6 nitrogen and oxygen atoms in total. The van der Waals surface area contributed by atoms with Crippen LogP contribution in [0.4, 0.5) is 5.95 Å². The van der Waals surface area contributed by atoms with Crippen molar-refractivity contribution in [3.05, 3.63) is 64.6 Å². The summed E-state index contributed by atoms with van der Waals surface area (Å²) in [5.74, 6) is 1.22. The molecule has 4 rings (SSSR count). The summed E-state index contributed by atoms with van der Waals surface area (Å²) in [4.78, 5) is 23.7. The zero-order valence-corrected chi connectivity index (χ0v) is 15.5. The van der Waals surface area contributed by atoms with E-state index in [1.807, 2.05) is 24.3 Å². The minimum atomic E-state index is -0.182. The standard InChI is InChI=1S/C19H14Cl2N4O2/c20-11-5-6-12(13(21)9-11)16-10-22-18(27-16)8-7-17(26)25-19-23-14-3-1-2-4-15(14)24-19/h1-6,9-10H,7-8H2,(H2,23,24,25,26). The number of amides is 1. The highest BCUT2D eigenvalue weighted by atomic mass is 35.5. The summed E-state index contributed by atoms with van der Waals surface area (Å²) < 4.78 is 5.70. The van der Waals surface area contributed by atoms with Crippen LogP contribution >= 0.6 is 23.2 Å². The van der Waals surface area contributed by atoms with E-state index in [1.165, 1.54) is 0 Å². The highest BCUT2D eigenvalue weighted by Gasteiger charge is 2.13. The summed E-state index contributed by atoms with van der Waals surface area (Å²) in [7, 11) is 0. The van der Waals surface area contributed by atoms with Crippen LogP contribution in [0.5, 0.6) is 0 Å². The predicted molar refractivity (Wildman–Crippen MR) is 105 cm³/mol. The number of aryl methyl sites for hydroxylation is 1. The highest BCUT2D eigenvalue weighted by Crippen LogP contribution is 2.30. The number of anilines is 1. The molecule has 0 spiro atoms. The Labute approximate surface area is 164 Å². The molecular weight excluding hydrogens is 387 g/mol. The van der Waals surface area contributed by atoms with Gasteiger partial charge < -0.3 is 9.40 Å². The number of carbonyl (C=O) groups excluding carboxylic acids is 1. The quantitative estimate of drug-likeness (QED) is 0.488. The van der Waals surface area contributed by atoms with E-state index >= 15 is 0 Å². The largest absolute Gasteiger partial charge is 0.441 e. The van der Waals surface area contributed by atoms with Gasteiger partial charge >= 0.3 is 0 Å². The summed E-state index contributed by atoms with van der Waals surface area (Å²) in [5.41, 5.74) is 2.36. The monoisotopic (exact) mass is 400 g/mol. The van der Waals surface area contributed by atoms with Crippen LogP contribution in [0.2, 0.25) is 10.0 Å². The fourth-order valence-corrected chi connectivity index (χ4v) is 3.17. The van der Waals surface area contributed by atoms with Crippen molar-refractivity contribution < 1.29 is 9.21 Å². The summed E-state index contributed by atoms with van der Waals surface area (Å²) in [5, 5.41) is 3.77. The van der Waals surface area contributed by atoms with Gasteiger partial charge in [-0.25, -0.2) is 9.97 Å². The van der Waals surface area contributed by atoms with Crippen molar-refractivity contribution >= 4 is 46.1 Å². The number of fused-ring (bicyclic) bond motifs is 1. The number of imidazole rings is 1. The van der Waals surface area contributed by atoms with Gasteiger partial charge in [-0.05, 0) is 30.3 Å². The van der Waals surface area contributed by atoms with Crippen LogP contribution in [0.3, 0.4) is 0 Å². The molecule has 0 fully saturated rings. The van der Waals surface area contributed by atoms with Crippen LogP contribution in [-0.4, -0.2) is 20.9 Å². The fraction of sp³-hybridized carbons (Fsp3) is 0.105. The molecule has 0 aliphatic carbocycles. The Kier molecular flexibility index (Phi) is 4.83. The van der Waals surface area contributed by atoms with Crippen molar-refractivity contribution in [2.45, 2.75) is 12.8 Å². The lowest BCUT2D eigenvalue weighted by atomic mass is 10.2. The van der Waals surface area contributed by atoms with E-state index in [1.54, 1.807) is 24.4 Å². The number of hydrogen-bond donors (Lipinski definition) is 2. The van der Waals surface area contributed by atoms with Gasteiger partial charge in [0.15, 0.2) is 11.7 Å². The molecule has 0 unspecified atom stereocenters. The minimum absolute atomic E-state index is 0.182. The summed E-state index contributed by atoms with van der Waals surface area (Å²) in [6.45, 7) is 0. The lowest BCUT2D eigenvalue weighted by Gasteiger charge is -2.01. The maximum absolute atomic E-state index is 12.2. The number of halogens is 2. The first-order chi connectivity index (χ1) is 13.1. The number of aromatic amines is 1. The Morgan fingerprint density at radius 1 is 1.19 bits per heavy atom. The van der Waals surface area contributed by atoms with Crippen molar-refractivity contribution in [1.82, 2.24) is 15.0 Å². The van der Waals surface area contributed by atoms with Gasteiger partial charge in [-0.2, -0.15) is 0 Å². The van der Waals surface area contributed by atoms with Crippen molar-refractivity contribution in [2.24, 2.45) is 0 Å². The fourth-order valence-electron chi connectivity index (χ4n) is 2.67. The Hall–Kier alpha value is -2.83. The van der Waals surface area contributed by atoms with Gasteiger partial charge in [0, 0.05) is 23.4 Å². The van der Waals surface area contributed by atoms with Gasteiger partial charge in [0.05, 0.1) is 22.3 Å². The number of para-hydroxylation sites is 2. The molecule has 0 aliphatic heterocycles. The maximum Gasteiger partial charge on any atom is 0.227 e. The highest BCUT2D eigenvalue weighted by molar-refractivity contribution is 6.36. The third kappa shape index (κ3) is 3.97. The molecule has 0 saturated carbocycles. The molecule has 4 aromatic rings. The Bertz CT molecular complexity index is 1090. The zero-order valence-electron chi connectivity index (χ0n) is 14.0. The smallest absolute Gasteiger partial charge is 0.227 e. The molecule has 2 N–H and O–H groups in total. The van der Waals surface area contributed by atoms with E-state index < -0.39 is 0 Å². The predicted octanol–water partition coefficient (Wildman–Crippen LogP) is 5.10. The first-order valence-electron chi connectivity index (χ1n) is 8.23. The molecule has 0 bridgehead atoms. The van der Waals surface area contributed by atoms with Crippen molar-refractivity contribution in [2.75, 3.05) is 5.32 Å². The lowest BCUT2D eigenvalue weighted by Crippen LogP contribution is -2.13. The number of nitrogens with zero attached hydrogens (tertiary/aromatic N) is 2. The number of aromatic nitrogens is 3. The number of benzene rings is 2. The second kappa shape index (κ2) is 7.42. The third-order valence-corrected chi connectivity index (χ3v) is 4.51. The Morgan fingerprint density at radius 3 is 2.85 bits per heavy atom. The summed E-state index contributed by atoms with van der Waals surface area (Å²) >= 11 is 12.1. The Balaban J connectivity index is 1.38. The van der Waals surface area contributed by atoms with E-state index in [4.69, 9.17) is 27.6 Å². The van der Waals surface area contributed by atoms with E-state index in [9.17, 15) is 4.79 Å². The van der Waals surface area contributed by atoms with Crippen molar-refractivity contribution in [3.8, 4) is 11.3 Å². The molecule has 0 aliphatic rings. The molecule has 2 aromatic carbocycles. The number of H-pyrrole nitrogens is 1. The molecule has 136 valence electrons. The molecule has 2 heterocycles. The minimum Gasteiger partial charge on any atom is -0.441 e. The number of rotatable bonds is 5. The first-order valence-corrected chi connectivity index (χ1v) is 8.99. The molecule has 0 atom stereocenters. The van der Waals surface area contributed by atoms with Crippen molar-refractivity contribution in [1.29, 1.82) is 0 Å². The van der Waals surface area contributed by atoms with Gasteiger partial charge in [0.25, 0.3) is 0 Å². The number of carbonyl (C=O) groups is 1. The molecule has 8 heteroatoms. The molecule has 2 aromatic heterocycles. The van der Waals surface area contributed by atoms with Gasteiger partial charge in [-0.1, -0.05) is 35.3 Å². The third-order valence-electron chi connectivity index (χ3n) is 3.96. The van der Waals surface area contributed by atoms with Crippen molar-refractivity contribution in [3.63, 3.8) is 0 Å². The van der Waals surface area contributed by atoms with E-state index in [-0.39, 0.29) is 12.3 Å². The second-order valence-electron chi connectivity index (χ2n) is 5.89. The summed E-state index contributed by atoms with van der Waals surface area (Å²) in [6.07, 6.45) is 2.16. The first kappa shape index (κ1) is 17.6. The van der Waals surface area contributed by atoms with Crippen LogP contribution in [0.25, 0.3) is 22.4 Å². The average Bonchev–Trinajstić information content (AvgIpc) is 3.26. The van der Waals surface area contributed by atoms with Crippen LogP contribution < -0.4 is 5.32 Å². The zero-order chi connectivity index (χ0) is 18.8. The number of nitrogens with one attached hydrogen (secondary N) is 2.